The third-order valence-corrected chi connectivity index (χ3v) is 4.62. The molecule has 3 nitrogen and oxygen atoms in total. The number of piperazine rings is 1. The van der Waals surface area contributed by atoms with Crippen molar-refractivity contribution < 1.29 is 0 Å². The summed E-state index contributed by atoms with van der Waals surface area (Å²) >= 11 is 1.79. The molecule has 1 fully saturated rings. The lowest BCUT2D eigenvalue weighted by Crippen LogP contribution is -2.53. The van der Waals surface area contributed by atoms with Crippen molar-refractivity contribution in [3.63, 3.8) is 0 Å². The fraction of sp³-hybridized carbons (Fsp3) is 0.769. The number of aryl methyl sites for hydroxylation is 1. The minimum Gasteiger partial charge on any atom is -0.304 e. The second-order valence-corrected chi connectivity index (χ2v) is 6.34. The Kier molecular flexibility index (Phi) is 4.17. The first-order chi connectivity index (χ1) is 8.08. The third-order valence-electron chi connectivity index (χ3n) is 3.70. The molecule has 1 aromatic heterocycles. The standard InChI is InChI=1S/C13H23N3S/c1-10(2)12-7-15(4)5-6-16(12)8-13-11(3)14-9-17-13/h9-10,12H,5-8H2,1-4H3. The van der Waals surface area contributed by atoms with Crippen LogP contribution in [0.5, 0.6) is 0 Å². The summed E-state index contributed by atoms with van der Waals surface area (Å²) in [6.07, 6.45) is 0. The molecule has 4 heteroatoms. The van der Waals surface area contributed by atoms with Gasteiger partial charge in [0.15, 0.2) is 0 Å². The summed E-state index contributed by atoms with van der Waals surface area (Å²) in [5.41, 5.74) is 3.17. The van der Waals surface area contributed by atoms with Crippen LogP contribution in [-0.4, -0.2) is 47.5 Å². The molecule has 1 aliphatic rings. The van der Waals surface area contributed by atoms with Crippen LogP contribution < -0.4 is 0 Å². The highest BCUT2D eigenvalue weighted by Gasteiger charge is 2.28. The number of likely N-dealkylation sites (N-methyl/N-ethyl adjacent to an activating group) is 1. The molecule has 0 aliphatic carbocycles. The molecule has 0 N–H and O–H groups in total. The van der Waals surface area contributed by atoms with Crippen LogP contribution in [0.15, 0.2) is 5.51 Å². The zero-order chi connectivity index (χ0) is 12.4. The van der Waals surface area contributed by atoms with Crippen LogP contribution in [0.4, 0.5) is 0 Å². The van der Waals surface area contributed by atoms with Crippen LogP contribution in [0.2, 0.25) is 0 Å². The Morgan fingerprint density at radius 3 is 2.82 bits per heavy atom. The maximum atomic E-state index is 4.35. The lowest BCUT2D eigenvalue weighted by atomic mass is 9.99. The molecule has 1 atom stereocenters. The Balaban J connectivity index is 2.05. The zero-order valence-corrected chi connectivity index (χ0v) is 12.1. The fourth-order valence-corrected chi connectivity index (χ4v) is 3.28. The number of aromatic nitrogens is 1. The van der Waals surface area contributed by atoms with E-state index in [0.29, 0.717) is 12.0 Å². The van der Waals surface area contributed by atoms with Gasteiger partial charge in [-0.25, -0.2) is 4.98 Å². The maximum Gasteiger partial charge on any atom is 0.0798 e. The van der Waals surface area contributed by atoms with E-state index in [1.54, 1.807) is 11.3 Å². The summed E-state index contributed by atoms with van der Waals surface area (Å²) in [7, 11) is 2.23. The Morgan fingerprint density at radius 1 is 1.47 bits per heavy atom. The van der Waals surface area contributed by atoms with Gasteiger partial charge < -0.3 is 4.90 Å². The van der Waals surface area contributed by atoms with Gasteiger partial charge in [0.25, 0.3) is 0 Å². The number of hydrogen-bond acceptors (Lipinski definition) is 4. The fourth-order valence-electron chi connectivity index (χ4n) is 2.48. The van der Waals surface area contributed by atoms with Crippen molar-refractivity contribution in [2.75, 3.05) is 26.7 Å². The predicted molar refractivity (Wildman–Crippen MR) is 73.4 cm³/mol. The first-order valence-corrected chi connectivity index (χ1v) is 7.27. The van der Waals surface area contributed by atoms with E-state index in [-0.39, 0.29) is 0 Å². The average molecular weight is 253 g/mol. The molecule has 0 saturated carbocycles. The molecule has 0 aromatic carbocycles. The van der Waals surface area contributed by atoms with Gasteiger partial charge >= 0.3 is 0 Å². The van der Waals surface area contributed by atoms with Gasteiger partial charge in [0, 0.05) is 37.1 Å². The second kappa shape index (κ2) is 5.46. The van der Waals surface area contributed by atoms with E-state index in [4.69, 9.17) is 0 Å². The molecule has 1 aromatic rings. The molecule has 1 unspecified atom stereocenters. The van der Waals surface area contributed by atoms with Crippen molar-refractivity contribution in [2.24, 2.45) is 5.92 Å². The molecule has 1 aliphatic heterocycles. The minimum atomic E-state index is 0.676. The monoisotopic (exact) mass is 253 g/mol. The summed E-state index contributed by atoms with van der Waals surface area (Å²) in [5.74, 6) is 0.714. The number of thiazole rings is 1. The van der Waals surface area contributed by atoms with E-state index in [0.717, 1.165) is 6.54 Å². The van der Waals surface area contributed by atoms with E-state index < -0.39 is 0 Å². The van der Waals surface area contributed by atoms with Crippen molar-refractivity contribution in [3.05, 3.63) is 16.1 Å². The lowest BCUT2D eigenvalue weighted by Gasteiger charge is -2.42. The third kappa shape index (κ3) is 3.06. The molecule has 0 radical (unpaired) electrons. The average Bonchev–Trinajstić information content (AvgIpc) is 2.67. The van der Waals surface area contributed by atoms with Gasteiger partial charge in [-0.15, -0.1) is 11.3 Å². The van der Waals surface area contributed by atoms with Crippen LogP contribution in [0.3, 0.4) is 0 Å². The van der Waals surface area contributed by atoms with Gasteiger partial charge in [-0.3, -0.25) is 4.90 Å². The van der Waals surface area contributed by atoms with Crippen molar-refractivity contribution in [1.82, 2.24) is 14.8 Å². The van der Waals surface area contributed by atoms with Gasteiger partial charge in [0.05, 0.1) is 11.2 Å². The SMILES string of the molecule is Cc1ncsc1CN1CCN(C)CC1C(C)C. The molecule has 0 bridgehead atoms. The Labute approximate surface area is 108 Å². The number of nitrogens with zero attached hydrogens (tertiary/aromatic N) is 3. The molecule has 0 spiro atoms. The molecule has 2 heterocycles. The van der Waals surface area contributed by atoms with Gasteiger partial charge in [-0.05, 0) is 19.9 Å². The molecule has 2 rings (SSSR count). The van der Waals surface area contributed by atoms with Crippen LogP contribution in [0.1, 0.15) is 24.4 Å². The van der Waals surface area contributed by atoms with E-state index >= 15 is 0 Å². The van der Waals surface area contributed by atoms with E-state index in [9.17, 15) is 0 Å². The highest BCUT2D eigenvalue weighted by molar-refractivity contribution is 7.09. The van der Waals surface area contributed by atoms with Crippen LogP contribution in [-0.2, 0) is 6.54 Å². The largest absolute Gasteiger partial charge is 0.304 e. The summed E-state index contributed by atoms with van der Waals surface area (Å²) in [6, 6.07) is 0.676. The molecular weight excluding hydrogens is 230 g/mol. The van der Waals surface area contributed by atoms with Gasteiger partial charge in [-0.1, -0.05) is 13.8 Å². The van der Waals surface area contributed by atoms with Crippen LogP contribution in [0.25, 0.3) is 0 Å². The summed E-state index contributed by atoms with van der Waals surface area (Å²) in [6.45, 7) is 11.4. The Morgan fingerprint density at radius 2 is 2.24 bits per heavy atom. The summed E-state index contributed by atoms with van der Waals surface area (Å²) < 4.78 is 0. The maximum absolute atomic E-state index is 4.35. The number of hydrogen-bond donors (Lipinski definition) is 0. The normalized spacial score (nSPS) is 23.5. The molecule has 1 saturated heterocycles. The highest BCUT2D eigenvalue weighted by Crippen LogP contribution is 2.22. The predicted octanol–water partition coefficient (Wildman–Crippen LogP) is 2.22. The summed E-state index contributed by atoms with van der Waals surface area (Å²) in [4.78, 5) is 10.9. The van der Waals surface area contributed by atoms with Crippen molar-refractivity contribution in [1.29, 1.82) is 0 Å². The molecule has 17 heavy (non-hydrogen) atoms. The summed E-state index contributed by atoms with van der Waals surface area (Å²) in [5, 5.41) is 0. The van der Waals surface area contributed by atoms with E-state index in [1.807, 2.05) is 5.51 Å². The van der Waals surface area contributed by atoms with Crippen molar-refractivity contribution >= 4 is 11.3 Å². The lowest BCUT2D eigenvalue weighted by molar-refractivity contribution is 0.0577. The minimum absolute atomic E-state index is 0.676. The topological polar surface area (TPSA) is 19.4 Å². The first kappa shape index (κ1) is 13.0. The second-order valence-electron chi connectivity index (χ2n) is 5.41. The van der Waals surface area contributed by atoms with Gasteiger partial charge in [0.2, 0.25) is 0 Å². The van der Waals surface area contributed by atoms with E-state index in [1.165, 1.54) is 30.2 Å². The molecule has 0 amide bonds. The van der Waals surface area contributed by atoms with E-state index in [2.05, 4.69) is 42.6 Å². The first-order valence-electron chi connectivity index (χ1n) is 6.39. The van der Waals surface area contributed by atoms with Gasteiger partial charge in [-0.2, -0.15) is 0 Å². The molecular formula is C13H23N3S. The Hall–Kier alpha value is -0.450. The van der Waals surface area contributed by atoms with Gasteiger partial charge in [0.1, 0.15) is 0 Å². The van der Waals surface area contributed by atoms with Crippen LogP contribution >= 0.6 is 11.3 Å². The van der Waals surface area contributed by atoms with Crippen molar-refractivity contribution in [3.8, 4) is 0 Å². The Bertz CT molecular complexity index is 361. The quantitative estimate of drug-likeness (QED) is 0.823. The van der Waals surface area contributed by atoms with Crippen LogP contribution in [0, 0.1) is 12.8 Å². The number of rotatable bonds is 3. The van der Waals surface area contributed by atoms with Crippen molar-refractivity contribution in [2.45, 2.75) is 33.4 Å². The smallest absolute Gasteiger partial charge is 0.0798 e. The molecule has 96 valence electrons. The zero-order valence-electron chi connectivity index (χ0n) is 11.3. The highest BCUT2D eigenvalue weighted by atomic mass is 32.1.